The summed E-state index contributed by atoms with van der Waals surface area (Å²) in [5.41, 5.74) is 2.66. The molecule has 1 aromatic heterocycles. The summed E-state index contributed by atoms with van der Waals surface area (Å²) in [6, 6.07) is 21.7. The van der Waals surface area contributed by atoms with Crippen LogP contribution in [-0.2, 0) is 19.1 Å². The largest absolute Gasteiger partial charge is 0.490 e. The lowest BCUT2D eigenvalue weighted by Gasteiger charge is -2.26. The van der Waals surface area contributed by atoms with Gasteiger partial charge in [-0.05, 0) is 68.5 Å². The van der Waals surface area contributed by atoms with Gasteiger partial charge in [-0.1, -0.05) is 59.9 Å². The molecule has 0 bridgehead atoms. The average Bonchev–Trinajstić information content (AvgIpc) is 3.38. The first-order chi connectivity index (χ1) is 22.4. The van der Waals surface area contributed by atoms with Gasteiger partial charge in [-0.2, -0.15) is 0 Å². The van der Waals surface area contributed by atoms with Gasteiger partial charge in [-0.15, -0.1) is 11.8 Å². The highest BCUT2D eigenvalue weighted by Gasteiger charge is 2.35. The van der Waals surface area contributed by atoms with Crippen molar-refractivity contribution < 1.29 is 28.5 Å². The lowest BCUT2D eigenvalue weighted by atomic mass is 9.93. The molecule has 238 valence electrons. The molecule has 2 heterocycles. The van der Waals surface area contributed by atoms with Crippen molar-refractivity contribution in [1.82, 2.24) is 4.57 Å². The first-order valence-electron chi connectivity index (χ1n) is 14.9. The summed E-state index contributed by atoms with van der Waals surface area (Å²) in [6.07, 6.45) is 3.75. The van der Waals surface area contributed by atoms with E-state index in [4.69, 9.17) is 23.9 Å². The molecule has 1 aliphatic rings. The van der Waals surface area contributed by atoms with Gasteiger partial charge in [-0.25, -0.2) is 14.6 Å². The molecule has 0 saturated heterocycles. The van der Waals surface area contributed by atoms with Crippen LogP contribution in [0.1, 0.15) is 43.5 Å². The molecule has 5 rings (SSSR count). The number of ether oxygens (including phenoxy) is 4. The number of benzene rings is 3. The SMILES string of the molecule is CCOC(=O)COc1ccc(/C=c2\sc3n(c2=O)[C@H](c2ccc(SC)cc2)C(C(=O)OCC)=C(c2ccccc2)N=3)cc1OCC. The molecule has 3 aromatic carbocycles. The van der Waals surface area contributed by atoms with Crippen molar-refractivity contribution >= 4 is 46.8 Å². The molecule has 1 atom stereocenters. The number of carbonyl (C=O) groups is 2. The van der Waals surface area contributed by atoms with Crippen LogP contribution in [0.2, 0.25) is 0 Å². The first-order valence-corrected chi connectivity index (χ1v) is 16.9. The van der Waals surface area contributed by atoms with Gasteiger partial charge in [0.05, 0.1) is 41.7 Å². The second kappa shape index (κ2) is 15.1. The average molecular weight is 659 g/mol. The maximum atomic E-state index is 14.2. The third-order valence-corrected chi connectivity index (χ3v) is 8.75. The van der Waals surface area contributed by atoms with Crippen LogP contribution in [0, 0.1) is 0 Å². The van der Waals surface area contributed by atoms with Gasteiger partial charge in [0, 0.05) is 10.5 Å². The number of esters is 2. The van der Waals surface area contributed by atoms with Crippen LogP contribution in [0.3, 0.4) is 0 Å². The number of hydrogen-bond donors (Lipinski definition) is 0. The summed E-state index contributed by atoms with van der Waals surface area (Å²) in [6.45, 7) is 5.88. The zero-order chi connectivity index (χ0) is 32.6. The second-order valence-electron chi connectivity index (χ2n) is 9.94. The van der Waals surface area contributed by atoms with Crippen LogP contribution in [0.5, 0.6) is 11.5 Å². The fraction of sp³-hybridized carbons (Fsp3) is 0.257. The van der Waals surface area contributed by atoms with Crippen LogP contribution in [-0.4, -0.2) is 49.2 Å². The van der Waals surface area contributed by atoms with Gasteiger partial charge in [-0.3, -0.25) is 9.36 Å². The van der Waals surface area contributed by atoms with E-state index in [1.54, 1.807) is 54.5 Å². The molecule has 4 aromatic rings. The minimum Gasteiger partial charge on any atom is -0.490 e. The molecule has 1 aliphatic heterocycles. The van der Waals surface area contributed by atoms with E-state index in [0.717, 1.165) is 16.0 Å². The molecule has 0 N–H and O–H groups in total. The zero-order valence-electron chi connectivity index (χ0n) is 26.0. The van der Waals surface area contributed by atoms with Crippen LogP contribution in [0.4, 0.5) is 0 Å². The predicted molar refractivity (Wildman–Crippen MR) is 179 cm³/mol. The molecule has 0 unspecified atom stereocenters. The van der Waals surface area contributed by atoms with Crippen molar-refractivity contribution in [1.29, 1.82) is 0 Å². The van der Waals surface area contributed by atoms with E-state index in [1.165, 1.54) is 11.3 Å². The lowest BCUT2D eigenvalue weighted by Crippen LogP contribution is -2.40. The standard InChI is InChI=1S/C35H34N2O7S2/c1-5-41-27-19-22(13-18-26(27)44-21-29(38)42-6-2)20-28-33(39)37-32(24-14-16-25(45-4)17-15-24)30(34(40)43-7-3)31(36-35(37)46-28)23-11-9-8-10-12-23/h8-20,32H,5-7,21H2,1-4H3/b28-20-/t32-/m1/s1. The fourth-order valence-electron chi connectivity index (χ4n) is 5.03. The van der Waals surface area contributed by atoms with E-state index >= 15 is 0 Å². The third-order valence-electron chi connectivity index (χ3n) is 7.02. The maximum Gasteiger partial charge on any atom is 0.344 e. The molecule has 11 heteroatoms. The normalized spacial score (nSPS) is 14.3. The summed E-state index contributed by atoms with van der Waals surface area (Å²) >= 11 is 2.84. The highest BCUT2D eigenvalue weighted by atomic mass is 32.2. The van der Waals surface area contributed by atoms with Crippen LogP contribution in [0.25, 0.3) is 11.8 Å². The Morgan fingerprint density at radius 3 is 2.33 bits per heavy atom. The van der Waals surface area contributed by atoms with E-state index in [-0.39, 0.29) is 25.4 Å². The van der Waals surface area contributed by atoms with Gasteiger partial charge in [0.2, 0.25) is 0 Å². The summed E-state index contributed by atoms with van der Waals surface area (Å²) < 4.78 is 23.9. The maximum absolute atomic E-state index is 14.2. The smallest absolute Gasteiger partial charge is 0.344 e. The topological polar surface area (TPSA) is 105 Å². The molecule has 0 aliphatic carbocycles. The van der Waals surface area contributed by atoms with Crippen molar-refractivity contribution in [2.75, 3.05) is 32.7 Å². The summed E-state index contributed by atoms with van der Waals surface area (Å²) in [4.78, 5) is 46.1. The van der Waals surface area contributed by atoms with E-state index in [2.05, 4.69) is 0 Å². The molecule has 0 saturated carbocycles. The zero-order valence-corrected chi connectivity index (χ0v) is 27.6. The number of carbonyl (C=O) groups excluding carboxylic acids is 2. The Labute approximate surface area is 274 Å². The number of rotatable bonds is 12. The van der Waals surface area contributed by atoms with Gasteiger partial charge in [0.1, 0.15) is 0 Å². The number of thioether (sulfide) groups is 1. The Bertz CT molecular complexity index is 1930. The van der Waals surface area contributed by atoms with Crippen molar-refractivity contribution in [2.24, 2.45) is 4.99 Å². The number of fused-ring (bicyclic) bond motifs is 1. The molecule has 46 heavy (non-hydrogen) atoms. The Morgan fingerprint density at radius 1 is 0.913 bits per heavy atom. The Hall–Kier alpha value is -4.61. The van der Waals surface area contributed by atoms with E-state index < -0.39 is 18.0 Å². The van der Waals surface area contributed by atoms with Gasteiger partial charge < -0.3 is 18.9 Å². The third kappa shape index (κ3) is 7.11. The minimum absolute atomic E-state index is 0.175. The fourth-order valence-corrected chi connectivity index (χ4v) is 6.44. The monoisotopic (exact) mass is 658 g/mol. The van der Waals surface area contributed by atoms with Crippen molar-refractivity contribution in [2.45, 2.75) is 31.7 Å². The second-order valence-corrected chi connectivity index (χ2v) is 11.8. The Morgan fingerprint density at radius 2 is 1.65 bits per heavy atom. The molecular formula is C35H34N2O7S2. The van der Waals surface area contributed by atoms with Gasteiger partial charge >= 0.3 is 11.9 Å². The van der Waals surface area contributed by atoms with Crippen LogP contribution < -0.4 is 24.4 Å². The van der Waals surface area contributed by atoms with Gasteiger partial charge in [0.15, 0.2) is 22.9 Å². The van der Waals surface area contributed by atoms with E-state index in [0.29, 0.717) is 44.3 Å². The molecule has 0 amide bonds. The molecule has 0 radical (unpaired) electrons. The highest BCUT2D eigenvalue weighted by Crippen LogP contribution is 2.36. The quantitative estimate of drug-likeness (QED) is 0.155. The number of hydrogen-bond acceptors (Lipinski definition) is 10. The van der Waals surface area contributed by atoms with Crippen molar-refractivity contribution in [3.63, 3.8) is 0 Å². The lowest BCUT2D eigenvalue weighted by molar-refractivity contribution is -0.145. The summed E-state index contributed by atoms with van der Waals surface area (Å²) in [5.74, 6) is -0.201. The molecule has 0 fully saturated rings. The van der Waals surface area contributed by atoms with Crippen LogP contribution in [0.15, 0.2) is 93.1 Å². The highest BCUT2D eigenvalue weighted by molar-refractivity contribution is 7.98. The predicted octanol–water partition coefficient (Wildman–Crippen LogP) is 5.00. The first kappa shape index (κ1) is 32.8. The Balaban J connectivity index is 1.67. The number of thiazole rings is 1. The molecular weight excluding hydrogens is 625 g/mol. The van der Waals surface area contributed by atoms with Crippen molar-refractivity contribution in [3.8, 4) is 11.5 Å². The Kier molecular flexibility index (Phi) is 10.8. The number of aromatic nitrogens is 1. The van der Waals surface area contributed by atoms with Gasteiger partial charge in [0.25, 0.3) is 5.56 Å². The summed E-state index contributed by atoms with van der Waals surface area (Å²) in [7, 11) is 0. The van der Waals surface area contributed by atoms with Crippen LogP contribution >= 0.6 is 23.1 Å². The molecule has 9 nitrogen and oxygen atoms in total. The molecule has 0 spiro atoms. The minimum atomic E-state index is -0.763. The number of nitrogens with zero attached hydrogens (tertiary/aromatic N) is 2. The van der Waals surface area contributed by atoms with E-state index in [1.807, 2.05) is 67.8 Å². The summed E-state index contributed by atoms with van der Waals surface area (Å²) in [5, 5.41) is 0. The van der Waals surface area contributed by atoms with E-state index in [9.17, 15) is 14.4 Å². The van der Waals surface area contributed by atoms with Crippen molar-refractivity contribution in [3.05, 3.63) is 115 Å².